The van der Waals surface area contributed by atoms with E-state index in [0.717, 1.165) is 37.8 Å². The fourth-order valence-corrected chi connectivity index (χ4v) is 2.25. The number of urea groups is 1. The Morgan fingerprint density at radius 3 is 2.50 bits per heavy atom. The molecule has 0 unspecified atom stereocenters. The summed E-state index contributed by atoms with van der Waals surface area (Å²) < 4.78 is 0.520. The molecule has 0 atom stereocenters. The van der Waals surface area contributed by atoms with E-state index in [1.807, 2.05) is 6.92 Å². The summed E-state index contributed by atoms with van der Waals surface area (Å²) >= 11 is 8.79. The summed E-state index contributed by atoms with van der Waals surface area (Å²) in [4.78, 5) is 25.8. The lowest BCUT2D eigenvalue weighted by molar-refractivity contribution is 0.252. The predicted molar refractivity (Wildman–Crippen MR) is 104 cm³/mol. The standard InChI is InChI=1S/C16H22N4O2S2/c1-12-6-7-13(10-14(12)19-11-21)20-15(22)17-8-4-2-3-5-9-18-16(23)24/h6-7,10H,2-5,8-9H2,1H3,(H2,17,20,22)(H2,18,23,24). The van der Waals surface area contributed by atoms with E-state index in [1.54, 1.807) is 18.2 Å². The molecule has 1 rings (SSSR count). The Hall–Kier alpha value is -1.89. The number of amides is 2. The smallest absolute Gasteiger partial charge is 0.319 e. The number of nitrogens with zero attached hydrogens (tertiary/aromatic N) is 1. The Balaban J connectivity index is 2.21. The van der Waals surface area contributed by atoms with Crippen molar-refractivity contribution in [2.24, 2.45) is 4.99 Å². The number of aryl methyl sites for hydroxylation is 1. The van der Waals surface area contributed by atoms with Gasteiger partial charge in [0, 0.05) is 18.8 Å². The molecule has 8 heteroatoms. The van der Waals surface area contributed by atoms with Gasteiger partial charge in [-0.25, -0.2) is 9.59 Å². The Morgan fingerprint density at radius 1 is 1.21 bits per heavy atom. The van der Waals surface area contributed by atoms with Crippen molar-refractivity contribution in [2.45, 2.75) is 32.6 Å². The zero-order chi connectivity index (χ0) is 17.8. The highest BCUT2D eigenvalue weighted by atomic mass is 32.1. The Kier molecular flexibility index (Phi) is 9.76. The van der Waals surface area contributed by atoms with Crippen molar-refractivity contribution < 1.29 is 9.59 Å². The number of carbonyl (C=O) groups is 1. The SMILES string of the molecule is Cc1ccc(NC(=O)NCCCCCCNC(=S)S)cc1N=C=O. The van der Waals surface area contributed by atoms with Gasteiger partial charge in [-0.1, -0.05) is 31.1 Å². The maximum absolute atomic E-state index is 11.8. The number of carbonyl (C=O) groups excluding carboxylic acids is 2. The molecular weight excluding hydrogens is 344 g/mol. The highest BCUT2D eigenvalue weighted by Gasteiger charge is 2.03. The predicted octanol–water partition coefficient (Wildman–Crippen LogP) is 3.45. The number of unbranched alkanes of at least 4 members (excludes halogenated alkanes) is 3. The van der Waals surface area contributed by atoms with E-state index in [9.17, 15) is 9.59 Å². The second-order valence-corrected chi connectivity index (χ2v) is 6.39. The number of hydrogen-bond acceptors (Lipinski definition) is 4. The molecule has 0 saturated carbocycles. The second kappa shape index (κ2) is 11.6. The van der Waals surface area contributed by atoms with Gasteiger partial charge in [-0.15, -0.1) is 12.6 Å². The summed E-state index contributed by atoms with van der Waals surface area (Å²) in [5.41, 5.74) is 1.93. The van der Waals surface area contributed by atoms with Crippen molar-refractivity contribution in [3.63, 3.8) is 0 Å². The van der Waals surface area contributed by atoms with Gasteiger partial charge in [0.05, 0.1) is 5.69 Å². The highest BCUT2D eigenvalue weighted by molar-refractivity contribution is 8.11. The molecule has 0 bridgehead atoms. The lowest BCUT2D eigenvalue weighted by atomic mass is 10.2. The molecule has 1 aromatic carbocycles. The van der Waals surface area contributed by atoms with E-state index < -0.39 is 0 Å². The Morgan fingerprint density at radius 2 is 1.88 bits per heavy atom. The Bertz CT molecular complexity index is 616. The van der Waals surface area contributed by atoms with Crippen LogP contribution in [0, 0.1) is 6.92 Å². The molecule has 0 aromatic heterocycles. The first kappa shape index (κ1) is 20.2. The minimum Gasteiger partial charge on any atom is -0.371 e. The van der Waals surface area contributed by atoms with Crippen LogP contribution in [0.3, 0.4) is 0 Å². The summed E-state index contributed by atoms with van der Waals surface area (Å²) in [5.74, 6) is 0. The van der Waals surface area contributed by atoms with E-state index in [0.29, 0.717) is 22.2 Å². The third-order valence-electron chi connectivity index (χ3n) is 3.30. The van der Waals surface area contributed by atoms with Crippen LogP contribution in [-0.2, 0) is 4.79 Å². The first-order chi connectivity index (χ1) is 11.5. The van der Waals surface area contributed by atoms with Gasteiger partial charge >= 0.3 is 6.03 Å². The van der Waals surface area contributed by atoms with Crippen LogP contribution in [0.15, 0.2) is 23.2 Å². The number of benzene rings is 1. The van der Waals surface area contributed by atoms with E-state index in [2.05, 4.69) is 33.6 Å². The van der Waals surface area contributed by atoms with Crippen LogP contribution in [0.5, 0.6) is 0 Å². The quantitative estimate of drug-likeness (QED) is 0.177. The monoisotopic (exact) mass is 366 g/mol. The van der Waals surface area contributed by atoms with Crippen LogP contribution in [0.1, 0.15) is 31.2 Å². The number of thiol groups is 1. The second-order valence-electron chi connectivity index (χ2n) is 5.23. The molecule has 24 heavy (non-hydrogen) atoms. The van der Waals surface area contributed by atoms with Gasteiger partial charge in [0.1, 0.15) is 4.32 Å². The third kappa shape index (κ3) is 8.67. The van der Waals surface area contributed by atoms with E-state index in [4.69, 9.17) is 12.2 Å². The van der Waals surface area contributed by atoms with Gasteiger partial charge in [0.15, 0.2) is 0 Å². The van der Waals surface area contributed by atoms with Crippen molar-refractivity contribution in [1.82, 2.24) is 10.6 Å². The highest BCUT2D eigenvalue weighted by Crippen LogP contribution is 2.22. The number of nitrogens with one attached hydrogen (secondary N) is 3. The fourth-order valence-electron chi connectivity index (χ4n) is 2.03. The van der Waals surface area contributed by atoms with Crippen LogP contribution in [0.25, 0.3) is 0 Å². The maximum atomic E-state index is 11.8. The van der Waals surface area contributed by atoms with Gasteiger partial charge in [-0.3, -0.25) is 0 Å². The third-order valence-corrected chi connectivity index (χ3v) is 3.60. The molecule has 0 heterocycles. The first-order valence-corrected chi connectivity index (χ1v) is 8.58. The summed E-state index contributed by atoms with van der Waals surface area (Å²) in [6.45, 7) is 3.27. The molecule has 0 aliphatic carbocycles. The van der Waals surface area contributed by atoms with E-state index >= 15 is 0 Å². The number of rotatable bonds is 9. The lowest BCUT2D eigenvalue weighted by Gasteiger charge is -2.09. The van der Waals surface area contributed by atoms with Gasteiger partial charge in [-0.2, -0.15) is 4.99 Å². The summed E-state index contributed by atoms with van der Waals surface area (Å²) in [5, 5.41) is 8.50. The van der Waals surface area contributed by atoms with Crippen LogP contribution in [0.2, 0.25) is 0 Å². The van der Waals surface area contributed by atoms with E-state index in [-0.39, 0.29) is 6.03 Å². The van der Waals surface area contributed by atoms with Gasteiger partial charge in [0.25, 0.3) is 0 Å². The molecule has 130 valence electrons. The van der Waals surface area contributed by atoms with Crippen LogP contribution < -0.4 is 16.0 Å². The zero-order valence-corrected chi connectivity index (χ0v) is 15.3. The van der Waals surface area contributed by atoms with Crippen molar-refractivity contribution in [2.75, 3.05) is 18.4 Å². The molecule has 0 spiro atoms. The molecule has 0 radical (unpaired) electrons. The van der Waals surface area contributed by atoms with Crippen LogP contribution in [-0.4, -0.2) is 29.5 Å². The average molecular weight is 367 g/mol. The normalized spacial score (nSPS) is 9.75. The summed E-state index contributed by atoms with van der Waals surface area (Å²) in [6.07, 6.45) is 5.54. The minimum absolute atomic E-state index is 0.276. The molecule has 1 aromatic rings. The van der Waals surface area contributed by atoms with Crippen LogP contribution in [0.4, 0.5) is 16.2 Å². The molecule has 0 aliphatic rings. The van der Waals surface area contributed by atoms with Crippen molar-refractivity contribution >= 4 is 52.7 Å². The molecule has 0 fully saturated rings. The first-order valence-electron chi connectivity index (χ1n) is 7.73. The number of thiocarbonyl (C=S) groups is 1. The summed E-state index contributed by atoms with van der Waals surface area (Å²) in [6, 6.07) is 4.91. The fraction of sp³-hybridized carbons (Fsp3) is 0.438. The number of hydrogen-bond donors (Lipinski definition) is 4. The van der Waals surface area contributed by atoms with Crippen LogP contribution >= 0.6 is 24.8 Å². The topological polar surface area (TPSA) is 82.6 Å². The number of aliphatic imine (C=N–C) groups is 1. The summed E-state index contributed by atoms with van der Waals surface area (Å²) in [7, 11) is 0. The largest absolute Gasteiger partial charge is 0.371 e. The van der Waals surface area contributed by atoms with Gasteiger partial charge < -0.3 is 16.0 Å². The molecule has 2 amide bonds. The molecule has 0 aliphatic heterocycles. The average Bonchev–Trinajstić information content (AvgIpc) is 2.53. The minimum atomic E-state index is -0.276. The lowest BCUT2D eigenvalue weighted by Crippen LogP contribution is -2.29. The van der Waals surface area contributed by atoms with E-state index in [1.165, 1.54) is 6.08 Å². The molecule has 6 nitrogen and oxygen atoms in total. The Labute approximate surface area is 152 Å². The van der Waals surface area contributed by atoms with Gasteiger partial charge in [0.2, 0.25) is 6.08 Å². The van der Waals surface area contributed by atoms with Crippen molar-refractivity contribution in [3.8, 4) is 0 Å². The number of anilines is 1. The maximum Gasteiger partial charge on any atom is 0.319 e. The molecule has 0 saturated heterocycles. The molecule has 3 N–H and O–H groups in total. The molecular formula is C16H22N4O2S2. The van der Waals surface area contributed by atoms with Crippen molar-refractivity contribution in [3.05, 3.63) is 23.8 Å². The van der Waals surface area contributed by atoms with Crippen molar-refractivity contribution in [1.29, 1.82) is 0 Å². The zero-order valence-electron chi connectivity index (χ0n) is 13.6. The van der Waals surface area contributed by atoms with Gasteiger partial charge in [-0.05, 0) is 37.5 Å². The number of isocyanates is 1.